The minimum Gasteiger partial charge on any atom is -0.308 e. The number of carbonyl (C=O) groups excluding carboxylic acids is 1. The van der Waals surface area contributed by atoms with E-state index in [4.69, 9.17) is 5.14 Å². The van der Waals surface area contributed by atoms with E-state index in [0.717, 1.165) is 42.5 Å². The van der Waals surface area contributed by atoms with Crippen LogP contribution in [0.5, 0.6) is 0 Å². The molecule has 0 radical (unpaired) electrons. The number of para-hydroxylation sites is 1. The second kappa shape index (κ2) is 7.21. The molecule has 0 bridgehead atoms. The summed E-state index contributed by atoms with van der Waals surface area (Å²) in [6.07, 6.45) is 4.04. The number of hydrogen-bond acceptors (Lipinski definition) is 3. The van der Waals surface area contributed by atoms with E-state index in [9.17, 15) is 13.2 Å². The Morgan fingerprint density at radius 1 is 1.08 bits per heavy atom. The number of benzene rings is 2. The van der Waals surface area contributed by atoms with E-state index in [2.05, 4.69) is 6.07 Å². The van der Waals surface area contributed by atoms with E-state index in [1.54, 1.807) is 24.8 Å². The third kappa shape index (κ3) is 3.66. The van der Waals surface area contributed by atoms with Gasteiger partial charge in [0.15, 0.2) is 0 Å². The van der Waals surface area contributed by atoms with Crippen LogP contribution < -0.4 is 10.0 Å². The summed E-state index contributed by atoms with van der Waals surface area (Å²) in [5.74, 6) is -0.188. The minimum atomic E-state index is -3.89. The highest BCUT2D eigenvalue weighted by atomic mass is 32.2. The molecular formula is C20H24N2O3S. The lowest BCUT2D eigenvalue weighted by molar-refractivity contribution is 0.0985. The molecular weight excluding hydrogens is 348 g/mol. The Morgan fingerprint density at radius 3 is 2.54 bits per heavy atom. The maximum Gasteiger partial charge on any atom is 0.258 e. The van der Waals surface area contributed by atoms with Crippen molar-refractivity contribution in [2.75, 3.05) is 11.4 Å². The fourth-order valence-corrected chi connectivity index (χ4v) is 4.36. The van der Waals surface area contributed by atoms with Gasteiger partial charge in [0.25, 0.3) is 5.91 Å². The average Bonchev–Trinajstić information content (AvgIpc) is 2.56. The second-order valence-corrected chi connectivity index (χ2v) is 8.39. The van der Waals surface area contributed by atoms with Crippen molar-refractivity contribution in [2.45, 2.75) is 44.4 Å². The zero-order chi connectivity index (χ0) is 18.9. The Balaban J connectivity index is 2.09. The van der Waals surface area contributed by atoms with Crippen LogP contribution in [0.3, 0.4) is 0 Å². The number of carbonyl (C=O) groups is 1. The summed E-state index contributed by atoms with van der Waals surface area (Å²) in [6, 6.07) is 11.1. The molecule has 0 unspecified atom stereocenters. The SMILES string of the molecule is Cc1cc(C(=O)N2CCCCCc3ccccc32)cc(S(N)(=O)=O)c1C. The summed E-state index contributed by atoms with van der Waals surface area (Å²) in [5, 5.41) is 5.34. The Morgan fingerprint density at radius 2 is 1.81 bits per heavy atom. The van der Waals surface area contributed by atoms with Crippen molar-refractivity contribution >= 4 is 21.6 Å². The molecule has 0 aliphatic carbocycles. The zero-order valence-corrected chi connectivity index (χ0v) is 16.0. The molecule has 0 spiro atoms. The number of anilines is 1. The molecule has 0 saturated carbocycles. The van der Waals surface area contributed by atoms with Crippen LogP contribution in [0.2, 0.25) is 0 Å². The van der Waals surface area contributed by atoms with Crippen molar-refractivity contribution in [3.05, 3.63) is 58.7 Å². The van der Waals surface area contributed by atoms with Crippen LogP contribution in [0.25, 0.3) is 0 Å². The van der Waals surface area contributed by atoms with Crippen LogP contribution in [-0.4, -0.2) is 20.9 Å². The van der Waals surface area contributed by atoms with Crippen LogP contribution >= 0.6 is 0 Å². The Labute approximate surface area is 154 Å². The number of fused-ring (bicyclic) bond motifs is 1. The number of aryl methyl sites for hydroxylation is 2. The van der Waals surface area contributed by atoms with Gasteiger partial charge in [0.2, 0.25) is 10.0 Å². The van der Waals surface area contributed by atoms with Crippen LogP contribution in [0.1, 0.15) is 46.3 Å². The molecule has 1 aliphatic heterocycles. The van der Waals surface area contributed by atoms with Crippen molar-refractivity contribution in [3.8, 4) is 0 Å². The van der Waals surface area contributed by atoms with Crippen LogP contribution in [0.4, 0.5) is 5.69 Å². The lowest BCUT2D eigenvalue weighted by atomic mass is 10.00. The topological polar surface area (TPSA) is 80.5 Å². The molecule has 138 valence electrons. The molecule has 0 saturated heterocycles. The van der Waals surface area contributed by atoms with Gasteiger partial charge in [-0.25, -0.2) is 13.6 Å². The number of nitrogens with two attached hydrogens (primary N) is 1. The van der Waals surface area contributed by atoms with E-state index >= 15 is 0 Å². The maximum absolute atomic E-state index is 13.3. The first-order chi connectivity index (χ1) is 12.3. The monoisotopic (exact) mass is 372 g/mol. The minimum absolute atomic E-state index is 0.0150. The standard InChI is InChI=1S/C20H24N2O3S/c1-14-12-17(13-19(15(14)2)26(21,24)25)20(23)22-11-7-3-4-8-16-9-5-6-10-18(16)22/h5-6,9-10,12-13H,3-4,7-8,11H2,1-2H3,(H2,21,24,25). The van der Waals surface area contributed by atoms with Crippen molar-refractivity contribution in [1.29, 1.82) is 0 Å². The lowest BCUT2D eigenvalue weighted by Gasteiger charge is -2.28. The number of sulfonamides is 1. The predicted octanol–water partition coefficient (Wildman–Crippen LogP) is 3.32. The van der Waals surface area contributed by atoms with Gasteiger partial charge in [0.05, 0.1) is 4.90 Å². The summed E-state index contributed by atoms with van der Waals surface area (Å²) in [4.78, 5) is 15.0. The maximum atomic E-state index is 13.3. The molecule has 6 heteroatoms. The summed E-state index contributed by atoms with van der Waals surface area (Å²) in [7, 11) is -3.89. The van der Waals surface area contributed by atoms with Crippen LogP contribution in [0.15, 0.2) is 41.3 Å². The van der Waals surface area contributed by atoms with Crippen molar-refractivity contribution in [2.24, 2.45) is 5.14 Å². The second-order valence-electron chi connectivity index (χ2n) is 6.86. The van der Waals surface area contributed by atoms with E-state index in [0.29, 0.717) is 17.7 Å². The van der Waals surface area contributed by atoms with Gasteiger partial charge in [-0.3, -0.25) is 4.79 Å². The number of amides is 1. The number of rotatable bonds is 2. The van der Waals surface area contributed by atoms with Gasteiger partial charge in [0.1, 0.15) is 0 Å². The molecule has 5 nitrogen and oxygen atoms in total. The smallest absolute Gasteiger partial charge is 0.258 e. The van der Waals surface area contributed by atoms with Gasteiger partial charge in [0, 0.05) is 17.8 Å². The Bertz CT molecular complexity index is 952. The Hall–Kier alpha value is -2.18. The first-order valence-corrected chi connectivity index (χ1v) is 10.4. The first-order valence-electron chi connectivity index (χ1n) is 8.83. The number of hydrogen-bond donors (Lipinski definition) is 1. The summed E-state index contributed by atoms with van der Waals surface area (Å²) in [5.41, 5.74) is 3.73. The van der Waals surface area contributed by atoms with Crippen molar-refractivity contribution in [1.82, 2.24) is 0 Å². The first kappa shape index (κ1) is 18.6. The highest BCUT2D eigenvalue weighted by molar-refractivity contribution is 7.89. The van der Waals surface area contributed by atoms with Crippen LogP contribution in [0, 0.1) is 13.8 Å². The fraction of sp³-hybridized carbons (Fsp3) is 0.350. The zero-order valence-electron chi connectivity index (χ0n) is 15.2. The molecule has 2 N–H and O–H groups in total. The van der Waals surface area contributed by atoms with Crippen LogP contribution in [-0.2, 0) is 16.4 Å². The molecule has 0 atom stereocenters. The van der Waals surface area contributed by atoms with Crippen molar-refractivity contribution in [3.63, 3.8) is 0 Å². The molecule has 1 aliphatic rings. The molecule has 2 aromatic rings. The van der Waals surface area contributed by atoms with Gasteiger partial charge in [-0.05, 0) is 68.0 Å². The predicted molar refractivity (Wildman–Crippen MR) is 103 cm³/mol. The molecule has 1 amide bonds. The molecule has 0 fully saturated rings. The van der Waals surface area contributed by atoms with Crippen molar-refractivity contribution < 1.29 is 13.2 Å². The molecule has 0 aromatic heterocycles. The average molecular weight is 372 g/mol. The molecule has 3 rings (SSSR count). The number of nitrogens with zero attached hydrogens (tertiary/aromatic N) is 1. The highest BCUT2D eigenvalue weighted by Gasteiger charge is 2.24. The van der Waals surface area contributed by atoms with E-state index in [-0.39, 0.29) is 10.8 Å². The van der Waals surface area contributed by atoms with E-state index < -0.39 is 10.0 Å². The summed E-state index contributed by atoms with van der Waals surface area (Å²) in [6.45, 7) is 4.12. The summed E-state index contributed by atoms with van der Waals surface area (Å²) >= 11 is 0. The number of primary sulfonamides is 1. The molecule has 2 aromatic carbocycles. The largest absolute Gasteiger partial charge is 0.308 e. The highest BCUT2D eigenvalue weighted by Crippen LogP contribution is 2.28. The third-order valence-corrected chi connectivity index (χ3v) is 6.07. The fourth-order valence-electron chi connectivity index (χ4n) is 3.48. The van der Waals surface area contributed by atoms with Gasteiger partial charge in [-0.1, -0.05) is 24.6 Å². The van der Waals surface area contributed by atoms with Gasteiger partial charge in [-0.2, -0.15) is 0 Å². The van der Waals surface area contributed by atoms with E-state index in [1.165, 1.54) is 6.07 Å². The summed E-state index contributed by atoms with van der Waals surface area (Å²) < 4.78 is 23.8. The normalized spacial score (nSPS) is 15.1. The third-order valence-electron chi connectivity index (χ3n) is 5.03. The van der Waals surface area contributed by atoms with E-state index in [1.807, 2.05) is 18.2 Å². The quantitative estimate of drug-likeness (QED) is 0.878. The molecule has 1 heterocycles. The lowest BCUT2D eigenvalue weighted by Crippen LogP contribution is -2.34. The van der Waals surface area contributed by atoms with Gasteiger partial charge >= 0.3 is 0 Å². The Kier molecular flexibility index (Phi) is 5.16. The molecule has 26 heavy (non-hydrogen) atoms. The van der Waals surface area contributed by atoms with Gasteiger partial charge in [-0.15, -0.1) is 0 Å². The van der Waals surface area contributed by atoms with Gasteiger partial charge < -0.3 is 4.90 Å².